The first-order chi connectivity index (χ1) is 22.7. The van der Waals surface area contributed by atoms with Crippen molar-refractivity contribution in [2.24, 2.45) is 0 Å². The van der Waals surface area contributed by atoms with E-state index in [1.54, 1.807) is 0 Å². The lowest BCUT2D eigenvalue weighted by Gasteiger charge is -2.27. The molecule has 0 unspecified atom stereocenters. The molecule has 0 bridgehead atoms. The lowest BCUT2D eigenvalue weighted by molar-refractivity contribution is 0.697. The van der Waals surface area contributed by atoms with E-state index in [2.05, 4.69) is 187 Å². The van der Waals surface area contributed by atoms with Crippen LogP contribution in [0.4, 0.5) is 11.4 Å². The van der Waals surface area contributed by atoms with Crippen molar-refractivity contribution in [3.63, 3.8) is 0 Å². The van der Waals surface area contributed by atoms with Crippen LogP contribution in [0.25, 0.3) is 0 Å². The van der Waals surface area contributed by atoms with Gasteiger partial charge in [-0.15, -0.1) is 0 Å². The zero-order chi connectivity index (χ0) is 31.4. The van der Waals surface area contributed by atoms with Crippen molar-refractivity contribution in [1.82, 2.24) is 0 Å². The molecule has 0 aliphatic rings. The maximum absolute atomic E-state index is 2.48. The van der Waals surface area contributed by atoms with E-state index < -0.39 is 0 Å². The van der Waals surface area contributed by atoms with Gasteiger partial charge in [-0.25, -0.2) is 0 Å². The zero-order valence-corrected chi connectivity index (χ0v) is 26.9. The summed E-state index contributed by atoms with van der Waals surface area (Å²) in [7, 11) is 0. The monoisotopic (exact) mass is 600 g/mol. The molecule has 6 aromatic carbocycles. The molecule has 0 saturated carbocycles. The number of hydrogen-bond acceptors (Lipinski definition) is 2. The number of nitrogens with zero attached hydrogens (tertiary/aromatic N) is 2. The molecule has 6 aromatic rings. The largest absolute Gasteiger partial charge is 0.363 e. The quantitative estimate of drug-likeness (QED) is 0.123. The fourth-order valence-corrected chi connectivity index (χ4v) is 6.34. The molecule has 0 heterocycles. The lowest BCUT2D eigenvalue weighted by atomic mass is 9.87. The van der Waals surface area contributed by atoms with Gasteiger partial charge in [0.15, 0.2) is 0 Å². The average molecular weight is 601 g/mol. The molecule has 0 amide bonds. The Morgan fingerprint density at radius 3 is 0.913 bits per heavy atom. The summed E-state index contributed by atoms with van der Waals surface area (Å²) >= 11 is 0. The molecule has 2 nitrogen and oxygen atoms in total. The molecular weight excluding hydrogens is 556 g/mol. The summed E-state index contributed by atoms with van der Waals surface area (Å²) in [6.07, 6.45) is 2.25. The van der Waals surface area contributed by atoms with Gasteiger partial charge in [0.25, 0.3) is 0 Å². The van der Waals surface area contributed by atoms with Crippen LogP contribution < -0.4 is 9.80 Å². The van der Waals surface area contributed by atoms with Crippen molar-refractivity contribution in [2.75, 3.05) is 9.80 Å². The van der Waals surface area contributed by atoms with Gasteiger partial charge in [0.05, 0.1) is 0 Å². The maximum Gasteiger partial charge on any atom is 0.0433 e. The fourth-order valence-electron chi connectivity index (χ4n) is 6.34. The Bertz CT molecular complexity index is 1500. The van der Waals surface area contributed by atoms with E-state index >= 15 is 0 Å². The lowest BCUT2D eigenvalue weighted by Crippen LogP contribution is -2.22. The van der Waals surface area contributed by atoms with Crippen molar-refractivity contribution < 1.29 is 0 Å². The Balaban J connectivity index is 1.23. The zero-order valence-electron chi connectivity index (χ0n) is 26.9. The third-order valence-electron chi connectivity index (χ3n) is 8.76. The summed E-state index contributed by atoms with van der Waals surface area (Å²) in [5.41, 5.74) is 10.5. The third kappa shape index (κ3) is 8.34. The van der Waals surface area contributed by atoms with Crippen molar-refractivity contribution >= 4 is 11.4 Å². The van der Waals surface area contributed by atoms with Gasteiger partial charge in [-0.2, -0.15) is 0 Å². The van der Waals surface area contributed by atoms with E-state index in [9.17, 15) is 0 Å². The molecule has 0 fully saturated rings. The highest BCUT2D eigenvalue weighted by atomic mass is 15.1. The maximum atomic E-state index is 2.48. The third-order valence-corrected chi connectivity index (χ3v) is 8.76. The Labute approximate surface area is 275 Å². The van der Waals surface area contributed by atoms with Gasteiger partial charge in [-0.1, -0.05) is 159 Å². The van der Waals surface area contributed by atoms with Crippen molar-refractivity contribution in [2.45, 2.75) is 51.9 Å². The van der Waals surface area contributed by atoms with Crippen LogP contribution >= 0.6 is 0 Å². The molecule has 0 N–H and O–H groups in total. The number of benzene rings is 6. The second-order valence-electron chi connectivity index (χ2n) is 12.2. The van der Waals surface area contributed by atoms with Gasteiger partial charge in [0.2, 0.25) is 0 Å². The van der Waals surface area contributed by atoms with Crippen LogP contribution in [0, 0.1) is 0 Å². The smallest absolute Gasteiger partial charge is 0.0433 e. The first kappa shape index (κ1) is 30.9. The minimum Gasteiger partial charge on any atom is -0.363 e. The molecule has 0 saturated heterocycles. The predicted octanol–water partition coefficient (Wildman–Crippen LogP) is 11.0. The van der Waals surface area contributed by atoms with Crippen LogP contribution in [0.15, 0.2) is 170 Å². The molecule has 46 heavy (non-hydrogen) atoms. The molecule has 0 spiro atoms. The predicted molar refractivity (Wildman–Crippen MR) is 195 cm³/mol. The van der Waals surface area contributed by atoms with Gasteiger partial charge in [0, 0.05) is 43.5 Å². The minimum atomic E-state index is 0.362. The molecule has 0 aromatic heterocycles. The van der Waals surface area contributed by atoms with Crippen LogP contribution in [-0.4, -0.2) is 0 Å². The van der Waals surface area contributed by atoms with Gasteiger partial charge in [0.1, 0.15) is 0 Å². The molecule has 2 heteroatoms. The summed E-state index contributed by atoms with van der Waals surface area (Å²) < 4.78 is 0. The van der Waals surface area contributed by atoms with E-state index in [0.29, 0.717) is 5.92 Å². The SMILES string of the molecule is CCCC(c1ccc(N(Cc2ccccc2)Cc2ccccc2)cc1)c1ccc(N(Cc2ccccc2)Cc2ccccc2)cc1. The normalized spacial score (nSPS) is 11.0. The second-order valence-corrected chi connectivity index (χ2v) is 12.2. The summed E-state index contributed by atoms with van der Waals surface area (Å²) in [6, 6.07) is 61.8. The first-order valence-electron chi connectivity index (χ1n) is 16.6. The van der Waals surface area contributed by atoms with Gasteiger partial charge in [-0.05, 0) is 64.1 Å². The van der Waals surface area contributed by atoms with Gasteiger partial charge in [-0.3, -0.25) is 0 Å². The summed E-state index contributed by atoms with van der Waals surface area (Å²) in [6.45, 7) is 5.78. The van der Waals surface area contributed by atoms with Gasteiger partial charge >= 0.3 is 0 Å². The molecule has 0 aliphatic heterocycles. The van der Waals surface area contributed by atoms with Crippen LogP contribution in [0.5, 0.6) is 0 Å². The highest BCUT2D eigenvalue weighted by molar-refractivity contribution is 5.53. The summed E-state index contributed by atoms with van der Waals surface area (Å²) in [5.74, 6) is 0.362. The second kappa shape index (κ2) is 15.8. The molecular formula is C44H44N2. The average Bonchev–Trinajstić information content (AvgIpc) is 3.12. The molecule has 0 radical (unpaired) electrons. The highest BCUT2D eigenvalue weighted by Gasteiger charge is 2.17. The highest BCUT2D eigenvalue weighted by Crippen LogP contribution is 2.33. The molecule has 0 aliphatic carbocycles. The Morgan fingerprint density at radius 2 is 0.652 bits per heavy atom. The van der Waals surface area contributed by atoms with Crippen molar-refractivity contribution in [3.8, 4) is 0 Å². The van der Waals surface area contributed by atoms with E-state index in [0.717, 1.165) is 39.0 Å². The van der Waals surface area contributed by atoms with E-state index in [1.165, 1.54) is 44.8 Å². The van der Waals surface area contributed by atoms with Crippen LogP contribution in [0.3, 0.4) is 0 Å². The van der Waals surface area contributed by atoms with Crippen molar-refractivity contribution in [1.29, 1.82) is 0 Å². The standard InChI is InChI=1S/C44H44N2/c1-2-15-44(40-24-28-42(29-25-40)45(32-36-16-7-3-8-17-36)33-37-18-9-4-10-19-37)41-26-30-43(31-27-41)46(34-38-20-11-5-12-21-38)35-39-22-13-6-14-23-39/h3-14,16-31,44H,2,15,32-35H2,1H3. The van der Waals surface area contributed by atoms with Crippen molar-refractivity contribution in [3.05, 3.63) is 203 Å². The van der Waals surface area contributed by atoms with E-state index in [4.69, 9.17) is 0 Å². The topological polar surface area (TPSA) is 6.48 Å². The number of hydrogen-bond donors (Lipinski definition) is 0. The number of rotatable bonds is 14. The van der Waals surface area contributed by atoms with Gasteiger partial charge < -0.3 is 9.80 Å². The Hall–Kier alpha value is -5.08. The minimum absolute atomic E-state index is 0.362. The van der Waals surface area contributed by atoms with Crippen LogP contribution in [0.1, 0.15) is 59.1 Å². The fraction of sp³-hybridized carbons (Fsp3) is 0.182. The molecule has 6 rings (SSSR count). The Kier molecular flexibility index (Phi) is 10.6. The summed E-state index contributed by atoms with van der Waals surface area (Å²) in [4.78, 5) is 4.96. The van der Waals surface area contributed by atoms with Crippen LogP contribution in [-0.2, 0) is 26.2 Å². The van der Waals surface area contributed by atoms with E-state index in [1.807, 2.05) is 0 Å². The van der Waals surface area contributed by atoms with E-state index in [-0.39, 0.29) is 0 Å². The van der Waals surface area contributed by atoms with Crippen LogP contribution in [0.2, 0.25) is 0 Å². The molecule has 0 atom stereocenters. The Morgan fingerprint density at radius 1 is 0.370 bits per heavy atom. The molecule has 230 valence electrons. The first-order valence-corrected chi connectivity index (χ1v) is 16.6. The number of anilines is 2. The summed E-state index contributed by atoms with van der Waals surface area (Å²) in [5, 5.41) is 0.